The van der Waals surface area contributed by atoms with Crippen LogP contribution in [-0.4, -0.2) is 31.0 Å². The molecule has 5 nitrogen and oxygen atoms in total. The first-order valence-electron chi connectivity index (χ1n) is 8.88. The van der Waals surface area contributed by atoms with E-state index >= 15 is 0 Å². The van der Waals surface area contributed by atoms with E-state index < -0.39 is 0 Å². The van der Waals surface area contributed by atoms with Crippen molar-refractivity contribution < 1.29 is 0 Å². The number of nitriles is 1. The standard InChI is InChI=1S/C19H27N5S/c1-15-6-3-4-7-18(15)22-19(25)23-21-14-16-8-10-17(11-9-16)24(2)13-5-12-20/h8-11,14-15,18H,3-7,13H2,1-2H3,(H2,22,23,25)/b21-14-/t15-,18-/m0/s1. The highest BCUT2D eigenvalue weighted by Gasteiger charge is 2.21. The van der Waals surface area contributed by atoms with E-state index in [4.69, 9.17) is 17.5 Å². The van der Waals surface area contributed by atoms with Gasteiger partial charge in [0.25, 0.3) is 0 Å². The highest BCUT2D eigenvalue weighted by molar-refractivity contribution is 7.80. The minimum atomic E-state index is 0.451. The van der Waals surface area contributed by atoms with Crippen molar-refractivity contribution in [2.24, 2.45) is 11.0 Å². The van der Waals surface area contributed by atoms with Crippen LogP contribution in [-0.2, 0) is 0 Å². The highest BCUT2D eigenvalue weighted by Crippen LogP contribution is 2.23. The van der Waals surface area contributed by atoms with Crippen LogP contribution in [0, 0.1) is 17.2 Å². The summed E-state index contributed by atoms with van der Waals surface area (Å²) in [5, 5.41) is 16.8. The number of hydrogen-bond acceptors (Lipinski definition) is 4. The molecular weight excluding hydrogens is 330 g/mol. The minimum absolute atomic E-state index is 0.451. The molecule has 0 amide bonds. The molecule has 1 aromatic rings. The summed E-state index contributed by atoms with van der Waals surface area (Å²) in [6.45, 7) is 3.00. The predicted molar refractivity (Wildman–Crippen MR) is 108 cm³/mol. The van der Waals surface area contributed by atoms with Gasteiger partial charge in [-0.3, -0.25) is 5.43 Å². The zero-order valence-corrected chi connectivity index (χ0v) is 15.9. The summed E-state index contributed by atoms with van der Waals surface area (Å²) in [6.07, 6.45) is 7.31. The molecule has 2 rings (SSSR count). The van der Waals surface area contributed by atoms with Crippen molar-refractivity contribution in [3.05, 3.63) is 29.8 Å². The lowest BCUT2D eigenvalue weighted by molar-refractivity contribution is 0.308. The summed E-state index contributed by atoms with van der Waals surface area (Å²) < 4.78 is 0. The molecular formula is C19H27N5S. The van der Waals surface area contributed by atoms with Crippen molar-refractivity contribution in [2.75, 3.05) is 18.5 Å². The number of rotatable bonds is 6. The quantitative estimate of drug-likeness (QED) is 0.464. The van der Waals surface area contributed by atoms with Gasteiger partial charge in [0.15, 0.2) is 5.11 Å². The zero-order valence-electron chi connectivity index (χ0n) is 15.0. The Morgan fingerprint density at radius 1 is 1.36 bits per heavy atom. The van der Waals surface area contributed by atoms with Gasteiger partial charge in [0.1, 0.15) is 0 Å². The van der Waals surface area contributed by atoms with Crippen molar-refractivity contribution in [1.29, 1.82) is 5.26 Å². The molecule has 0 aliphatic heterocycles. The first kappa shape index (κ1) is 19.2. The molecule has 0 saturated heterocycles. The van der Waals surface area contributed by atoms with E-state index in [2.05, 4.69) is 33.7 Å². The molecule has 25 heavy (non-hydrogen) atoms. The third-order valence-electron chi connectivity index (χ3n) is 4.70. The fourth-order valence-corrected chi connectivity index (χ4v) is 3.26. The van der Waals surface area contributed by atoms with E-state index in [0.29, 0.717) is 23.5 Å². The number of benzene rings is 1. The van der Waals surface area contributed by atoms with Crippen molar-refractivity contribution in [3.63, 3.8) is 0 Å². The SMILES string of the molecule is C[C@H]1CCCC[C@@H]1NC(=S)N/N=C\c1ccc(N(C)CCC#N)cc1. The Morgan fingerprint density at radius 2 is 2.08 bits per heavy atom. The maximum atomic E-state index is 8.65. The lowest BCUT2D eigenvalue weighted by Gasteiger charge is -2.30. The monoisotopic (exact) mass is 357 g/mol. The first-order chi connectivity index (χ1) is 12.1. The fraction of sp³-hybridized carbons (Fsp3) is 0.526. The molecule has 0 spiro atoms. The van der Waals surface area contributed by atoms with E-state index in [1.807, 2.05) is 31.3 Å². The smallest absolute Gasteiger partial charge is 0.187 e. The molecule has 1 aliphatic rings. The first-order valence-corrected chi connectivity index (χ1v) is 9.28. The summed E-state index contributed by atoms with van der Waals surface area (Å²) >= 11 is 5.33. The molecule has 1 aromatic carbocycles. The van der Waals surface area contributed by atoms with Gasteiger partial charge in [0.2, 0.25) is 0 Å². The van der Waals surface area contributed by atoms with E-state index in [0.717, 1.165) is 17.8 Å². The van der Waals surface area contributed by atoms with E-state index in [9.17, 15) is 0 Å². The maximum Gasteiger partial charge on any atom is 0.187 e. The topological polar surface area (TPSA) is 63.5 Å². The predicted octanol–water partition coefficient (Wildman–Crippen LogP) is 3.41. The van der Waals surface area contributed by atoms with Crippen molar-refractivity contribution in [1.82, 2.24) is 10.7 Å². The molecule has 0 aromatic heterocycles. The Hall–Kier alpha value is -2.13. The second kappa shape index (κ2) is 10.00. The van der Waals surface area contributed by atoms with Crippen LogP contribution in [0.25, 0.3) is 0 Å². The molecule has 2 atom stereocenters. The Bertz CT molecular complexity index is 620. The number of hydrogen-bond donors (Lipinski definition) is 2. The van der Waals surface area contributed by atoms with Crippen LogP contribution in [0.4, 0.5) is 5.69 Å². The average molecular weight is 358 g/mol. The normalized spacial score (nSPS) is 20.0. The second-order valence-corrected chi connectivity index (χ2v) is 7.04. The van der Waals surface area contributed by atoms with Gasteiger partial charge in [-0.15, -0.1) is 0 Å². The van der Waals surface area contributed by atoms with E-state index in [-0.39, 0.29) is 0 Å². The van der Waals surface area contributed by atoms with Crippen molar-refractivity contribution in [2.45, 2.75) is 45.1 Å². The summed E-state index contributed by atoms with van der Waals surface area (Å²) in [4.78, 5) is 2.06. The number of nitrogens with zero attached hydrogens (tertiary/aromatic N) is 3. The fourth-order valence-electron chi connectivity index (χ4n) is 3.06. The largest absolute Gasteiger partial charge is 0.374 e. The molecule has 0 heterocycles. The summed E-state index contributed by atoms with van der Waals surface area (Å²) in [6, 6.07) is 10.7. The summed E-state index contributed by atoms with van der Waals surface area (Å²) in [7, 11) is 1.98. The van der Waals surface area contributed by atoms with Crippen LogP contribution in [0.5, 0.6) is 0 Å². The molecule has 0 bridgehead atoms. The lowest BCUT2D eigenvalue weighted by Crippen LogP contribution is -2.44. The van der Waals surface area contributed by atoms with Gasteiger partial charge < -0.3 is 10.2 Å². The van der Waals surface area contributed by atoms with Gasteiger partial charge >= 0.3 is 0 Å². The highest BCUT2D eigenvalue weighted by atomic mass is 32.1. The van der Waals surface area contributed by atoms with Gasteiger partial charge in [-0.1, -0.05) is 31.9 Å². The van der Waals surface area contributed by atoms with E-state index in [1.54, 1.807) is 6.21 Å². The van der Waals surface area contributed by atoms with Crippen LogP contribution in [0.15, 0.2) is 29.4 Å². The van der Waals surface area contributed by atoms with Gasteiger partial charge in [0, 0.05) is 25.3 Å². The van der Waals surface area contributed by atoms with E-state index in [1.165, 1.54) is 25.7 Å². The minimum Gasteiger partial charge on any atom is -0.374 e. The maximum absolute atomic E-state index is 8.65. The Morgan fingerprint density at radius 3 is 2.76 bits per heavy atom. The molecule has 0 unspecified atom stereocenters. The number of anilines is 1. The van der Waals surface area contributed by atoms with Gasteiger partial charge in [0.05, 0.1) is 18.7 Å². The summed E-state index contributed by atoms with van der Waals surface area (Å²) in [5.74, 6) is 0.656. The van der Waals surface area contributed by atoms with Crippen LogP contribution in [0.1, 0.15) is 44.6 Å². The third-order valence-corrected chi connectivity index (χ3v) is 4.91. The Labute approximate surface area is 156 Å². The van der Waals surface area contributed by atoms with Crippen LogP contribution in [0.3, 0.4) is 0 Å². The van der Waals surface area contributed by atoms with Crippen LogP contribution >= 0.6 is 12.2 Å². The molecule has 2 N–H and O–H groups in total. The Balaban J connectivity index is 1.79. The number of nitrogens with one attached hydrogen (secondary N) is 2. The van der Waals surface area contributed by atoms with Crippen molar-refractivity contribution >= 4 is 29.2 Å². The van der Waals surface area contributed by atoms with Crippen molar-refractivity contribution in [3.8, 4) is 6.07 Å². The molecule has 6 heteroatoms. The molecule has 0 radical (unpaired) electrons. The van der Waals surface area contributed by atoms with Gasteiger partial charge in [-0.25, -0.2) is 0 Å². The molecule has 1 fully saturated rings. The second-order valence-electron chi connectivity index (χ2n) is 6.63. The molecule has 134 valence electrons. The average Bonchev–Trinajstić information content (AvgIpc) is 2.62. The molecule has 1 saturated carbocycles. The van der Waals surface area contributed by atoms with Gasteiger partial charge in [-0.2, -0.15) is 10.4 Å². The third kappa shape index (κ3) is 6.35. The van der Waals surface area contributed by atoms with Crippen LogP contribution in [0.2, 0.25) is 0 Å². The zero-order chi connectivity index (χ0) is 18.1. The van der Waals surface area contributed by atoms with Gasteiger partial charge in [-0.05, 0) is 48.7 Å². The number of thiocarbonyl (C=S) groups is 1. The van der Waals surface area contributed by atoms with Crippen LogP contribution < -0.4 is 15.6 Å². The summed E-state index contributed by atoms with van der Waals surface area (Å²) in [5.41, 5.74) is 4.99. The number of hydrazone groups is 1. The molecule has 1 aliphatic carbocycles. The Kier molecular flexibility index (Phi) is 7.68. The lowest BCUT2D eigenvalue weighted by atomic mass is 9.86.